The highest BCUT2D eigenvalue weighted by molar-refractivity contribution is 5.75. The molecule has 2 aromatic rings. The van der Waals surface area contributed by atoms with Crippen LogP contribution in [0.2, 0.25) is 0 Å². The maximum Gasteiger partial charge on any atom is 0.414 e. The molecule has 0 saturated heterocycles. The van der Waals surface area contributed by atoms with Crippen LogP contribution in [0.3, 0.4) is 0 Å². The maximum atomic E-state index is 12.9. The van der Waals surface area contributed by atoms with Gasteiger partial charge >= 0.3 is 6.18 Å². The topological polar surface area (TPSA) is 48.9 Å². The number of benzene rings is 1. The normalized spacial score (nSPS) is 14.1. The molecular formula is C10H7F5N2O. The monoisotopic (exact) mass is 266 g/mol. The van der Waals surface area contributed by atoms with Crippen molar-refractivity contribution in [3.63, 3.8) is 0 Å². The molecule has 1 aromatic heterocycles. The summed E-state index contributed by atoms with van der Waals surface area (Å²) in [5, 5.41) is 8.84. The predicted octanol–water partition coefficient (Wildman–Crippen LogP) is 2.31. The Morgan fingerprint density at radius 2 is 1.83 bits per heavy atom. The molecular weight excluding hydrogens is 259 g/mol. The van der Waals surface area contributed by atoms with E-state index in [4.69, 9.17) is 5.11 Å². The molecule has 1 atom stereocenters. The summed E-state index contributed by atoms with van der Waals surface area (Å²) < 4.78 is 62.0. The van der Waals surface area contributed by atoms with Crippen LogP contribution < -0.4 is 0 Å². The zero-order chi connectivity index (χ0) is 13.5. The number of aliphatic hydroxyl groups excluding tert-OH is 1. The van der Waals surface area contributed by atoms with Crippen molar-refractivity contribution in [1.29, 1.82) is 0 Å². The van der Waals surface area contributed by atoms with E-state index < -0.39 is 30.3 Å². The average Bonchev–Trinajstić information content (AvgIpc) is 2.59. The van der Waals surface area contributed by atoms with Crippen LogP contribution in [0.4, 0.5) is 22.0 Å². The second-order valence-corrected chi connectivity index (χ2v) is 3.73. The Morgan fingerprint density at radius 3 is 2.44 bits per heavy atom. The molecule has 0 bridgehead atoms. The van der Waals surface area contributed by atoms with E-state index in [1.165, 1.54) is 0 Å². The van der Waals surface area contributed by atoms with Crippen molar-refractivity contribution in [3.05, 3.63) is 29.6 Å². The first-order valence-corrected chi connectivity index (χ1v) is 4.86. The van der Waals surface area contributed by atoms with Crippen LogP contribution in [0.5, 0.6) is 0 Å². The van der Waals surface area contributed by atoms with Gasteiger partial charge < -0.3 is 10.1 Å². The fraction of sp³-hybridized carbons (Fsp3) is 0.300. The molecule has 0 aliphatic heterocycles. The Morgan fingerprint density at radius 1 is 1.22 bits per heavy atom. The highest BCUT2D eigenvalue weighted by Gasteiger charge is 2.38. The van der Waals surface area contributed by atoms with Crippen LogP contribution in [-0.4, -0.2) is 27.4 Å². The van der Waals surface area contributed by atoms with Gasteiger partial charge in [0.2, 0.25) is 0 Å². The summed E-state index contributed by atoms with van der Waals surface area (Å²) in [5.41, 5.74) is 0.0662. The molecule has 8 heteroatoms. The molecule has 1 unspecified atom stereocenters. The average molecular weight is 266 g/mol. The SMILES string of the molecule is OC(Cc1nc2cc(F)c(F)cc2[nH]1)C(F)(F)F. The van der Waals surface area contributed by atoms with E-state index in [1.807, 2.05) is 0 Å². The van der Waals surface area contributed by atoms with Crippen LogP contribution in [-0.2, 0) is 6.42 Å². The maximum absolute atomic E-state index is 12.9. The lowest BCUT2D eigenvalue weighted by Crippen LogP contribution is -2.30. The molecule has 0 amide bonds. The number of aromatic amines is 1. The third-order valence-corrected chi connectivity index (χ3v) is 2.34. The standard InChI is InChI=1S/C10H7F5N2O/c11-4-1-6-7(2-5(4)12)17-9(16-6)3-8(18)10(13,14)15/h1-2,8,18H,3H2,(H,16,17). The highest BCUT2D eigenvalue weighted by Crippen LogP contribution is 2.23. The van der Waals surface area contributed by atoms with Crippen molar-refractivity contribution in [1.82, 2.24) is 9.97 Å². The number of nitrogens with one attached hydrogen (secondary N) is 1. The second kappa shape index (κ2) is 4.20. The molecule has 98 valence electrons. The first-order chi connectivity index (χ1) is 8.27. The van der Waals surface area contributed by atoms with Crippen LogP contribution >= 0.6 is 0 Å². The minimum absolute atomic E-state index is 0.00160. The number of H-pyrrole nitrogens is 1. The van der Waals surface area contributed by atoms with Crippen molar-refractivity contribution >= 4 is 11.0 Å². The highest BCUT2D eigenvalue weighted by atomic mass is 19.4. The van der Waals surface area contributed by atoms with E-state index in [9.17, 15) is 22.0 Å². The first kappa shape index (κ1) is 12.7. The summed E-state index contributed by atoms with van der Waals surface area (Å²) in [5.74, 6) is -2.47. The van der Waals surface area contributed by atoms with Crippen LogP contribution in [0.15, 0.2) is 12.1 Å². The number of halogens is 5. The third kappa shape index (κ3) is 2.42. The molecule has 0 fully saturated rings. The minimum Gasteiger partial charge on any atom is -0.383 e. The Kier molecular flexibility index (Phi) is 2.97. The molecule has 0 radical (unpaired) electrons. The Balaban J connectivity index is 2.31. The van der Waals surface area contributed by atoms with Crippen LogP contribution in [0, 0.1) is 11.6 Å². The van der Waals surface area contributed by atoms with Crippen molar-refractivity contribution in [2.75, 3.05) is 0 Å². The fourth-order valence-corrected chi connectivity index (χ4v) is 1.45. The number of alkyl halides is 3. The molecule has 3 nitrogen and oxygen atoms in total. The number of fused-ring (bicyclic) bond motifs is 1. The molecule has 1 aromatic carbocycles. The number of hydrogen-bond donors (Lipinski definition) is 2. The summed E-state index contributed by atoms with van der Waals surface area (Å²) in [4.78, 5) is 6.03. The molecule has 2 rings (SSSR count). The number of aromatic nitrogens is 2. The minimum atomic E-state index is -4.77. The quantitative estimate of drug-likeness (QED) is 0.819. The van der Waals surface area contributed by atoms with Gasteiger partial charge in [0.25, 0.3) is 0 Å². The summed E-state index contributed by atoms with van der Waals surface area (Å²) in [6.45, 7) is 0. The van der Waals surface area contributed by atoms with Gasteiger partial charge in [-0.05, 0) is 0 Å². The van der Waals surface area contributed by atoms with Gasteiger partial charge in [0.15, 0.2) is 17.7 Å². The van der Waals surface area contributed by atoms with Gasteiger partial charge in [-0.25, -0.2) is 13.8 Å². The van der Waals surface area contributed by atoms with E-state index in [0.717, 1.165) is 12.1 Å². The second-order valence-electron chi connectivity index (χ2n) is 3.73. The molecule has 0 spiro atoms. The van der Waals surface area contributed by atoms with E-state index >= 15 is 0 Å². The van der Waals surface area contributed by atoms with Gasteiger partial charge in [-0.1, -0.05) is 0 Å². The summed E-state index contributed by atoms with van der Waals surface area (Å²) in [6, 6.07) is 1.56. The number of imidazole rings is 1. The van der Waals surface area contributed by atoms with E-state index in [-0.39, 0.29) is 16.9 Å². The number of hydrogen-bond acceptors (Lipinski definition) is 2. The van der Waals surface area contributed by atoms with E-state index in [1.54, 1.807) is 0 Å². The first-order valence-electron chi connectivity index (χ1n) is 4.86. The van der Waals surface area contributed by atoms with Gasteiger partial charge in [0, 0.05) is 18.6 Å². The number of nitrogens with zero attached hydrogens (tertiary/aromatic N) is 1. The molecule has 0 saturated carbocycles. The molecule has 2 N–H and O–H groups in total. The molecule has 1 heterocycles. The van der Waals surface area contributed by atoms with Gasteiger partial charge in [-0.3, -0.25) is 0 Å². The molecule has 0 aliphatic carbocycles. The zero-order valence-electron chi connectivity index (χ0n) is 8.72. The number of aliphatic hydroxyl groups is 1. The van der Waals surface area contributed by atoms with Crippen LogP contribution in [0.25, 0.3) is 11.0 Å². The third-order valence-electron chi connectivity index (χ3n) is 2.34. The molecule has 0 aliphatic rings. The summed E-state index contributed by atoms with van der Waals surface area (Å²) >= 11 is 0. The summed E-state index contributed by atoms with van der Waals surface area (Å²) in [7, 11) is 0. The van der Waals surface area contributed by atoms with Crippen molar-refractivity contribution in [3.8, 4) is 0 Å². The van der Waals surface area contributed by atoms with Crippen molar-refractivity contribution < 1.29 is 27.1 Å². The Hall–Kier alpha value is -1.70. The molecule has 18 heavy (non-hydrogen) atoms. The zero-order valence-corrected chi connectivity index (χ0v) is 8.72. The lowest BCUT2D eigenvalue weighted by atomic mass is 10.2. The van der Waals surface area contributed by atoms with Crippen molar-refractivity contribution in [2.24, 2.45) is 0 Å². The van der Waals surface area contributed by atoms with Crippen LogP contribution in [0.1, 0.15) is 5.82 Å². The fourth-order valence-electron chi connectivity index (χ4n) is 1.45. The van der Waals surface area contributed by atoms with Gasteiger partial charge in [-0.15, -0.1) is 0 Å². The van der Waals surface area contributed by atoms with Crippen molar-refractivity contribution in [2.45, 2.75) is 18.7 Å². The summed E-state index contributed by atoms with van der Waals surface area (Å²) in [6.07, 6.45) is -8.15. The largest absolute Gasteiger partial charge is 0.414 e. The smallest absolute Gasteiger partial charge is 0.383 e. The van der Waals surface area contributed by atoms with Gasteiger partial charge in [0.05, 0.1) is 11.0 Å². The van der Waals surface area contributed by atoms with Gasteiger partial charge in [-0.2, -0.15) is 13.2 Å². The predicted molar refractivity (Wildman–Crippen MR) is 51.8 cm³/mol. The Labute approximate surface area is 97.3 Å². The lowest BCUT2D eigenvalue weighted by Gasteiger charge is -2.12. The van der Waals surface area contributed by atoms with E-state index in [0.29, 0.717) is 0 Å². The van der Waals surface area contributed by atoms with E-state index in [2.05, 4.69) is 9.97 Å². The van der Waals surface area contributed by atoms with Gasteiger partial charge in [0.1, 0.15) is 5.82 Å². The lowest BCUT2D eigenvalue weighted by molar-refractivity contribution is -0.203. The number of rotatable bonds is 2. The Bertz CT molecular complexity index is 538.